The van der Waals surface area contributed by atoms with Crippen molar-refractivity contribution >= 4 is 11.8 Å². The van der Waals surface area contributed by atoms with Crippen LogP contribution < -0.4 is 5.32 Å². The minimum atomic E-state index is 0.329. The van der Waals surface area contributed by atoms with Crippen molar-refractivity contribution in [2.45, 2.75) is 52.5 Å². The lowest BCUT2D eigenvalue weighted by atomic mass is 10.0. The predicted octanol–water partition coefficient (Wildman–Crippen LogP) is 3.51. The molecule has 1 atom stereocenters. The second-order valence-corrected chi connectivity index (χ2v) is 5.75. The number of aromatic nitrogens is 1. The highest BCUT2D eigenvalue weighted by atomic mass is 14.9. The molecular formula is C19H27N3. The van der Waals surface area contributed by atoms with Gasteiger partial charge in [0.15, 0.2) is 0 Å². The van der Waals surface area contributed by atoms with Gasteiger partial charge in [-0.15, -0.1) is 0 Å². The number of nitrogens with zero attached hydrogens (tertiary/aromatic N) is 1. The fourth-order valence-corrected chi connectivity index (χ4v) is 2.94. The lowest BCUT2D eigenvalue weighted by molar-refractivity contribution is 0.749. The largest absolute Gasteiger partial charge is 0.358 e. The highest BCUT2D eigenvalue weighted by molar-refractivity contribution is 5.95. The van der Waals surface area contributed by atoms with Crippen LogP contribution >= 0.6 is 0 Å². The second kappa shape index (κ2) is 8.00. The van der Waals surface area contributed by atoms with Gasteiger partial charge in [-0.2, -0.15) is 0 Å². The maximum absolute atomic E-state index is 4.21. The highest BCUT2D eigenvalue weighted by Crippen LogP contribution is 2.23. The summed E-state index contributed by atoms with van der Waals surface area (Å²) in [6.07, 6.45) is 6.22. The molecule has 3 heteroatoms. The molecule has 1 aliphatic heterocycles. The van der Waals surface area contributed by atoms with E-state index in [4.69, 9.17) is 0 Å². The summed E-state index contributed by atoms with van der Waals surface area (Å²) in [6, 6.07) is 2.56. The average molecular weight is 297 g/mol. The van der Waals surface area contributed by atoms with Gasteiger partial charge in [-0.3, -0.25) is 4.99 Å². The molecule has 118 valence electrons. The Bertz CT molecular complexity index is 617. The smallest absolute Gasteiger partial charge is 0.0693 e. The third-order valence-corrected chi connectivity index (χ3v) is 4.18. The molecule has 0 amide bonds. The Balaban J connectivity index is 2.39. The standard InChI is InChI=1S/C19H27N3/c1-5-17(19-12-14(3)18(6-2)22-19)15(13-20-4)9-10-16-8-7-11-21-16/h12-13,16,21-22H,5-8,11H2,1-4H3/b17-15+,20-13?. The van der Waals surface area contributed by atoms with Gasteiger partial charge < -0.3 is 10.3 Å². The Morgan fingerprint density at radius 2 is 2.27 bits per heavy atom. The number of aryl methyl sites for hydroxylation is 2. The van der Waals surface area contributed by atoms with E-state index in [1.807, 2.05) is 6.21 Å². The SMILES string of the molecule is CC/C(=C(/C#CC1CCCN1)C=NC)c1cc(C)c(CC)[nH]1. The zero-order chi connectivity index (χ0) is 15.9. The first-order valence-corrected chi connectivity index (χ1v) is 8.28. The topological polar surface area (TPSA) is 40.2 Å². The first-order chi connectivity index (χ1) is 10.7. The van der Waals surface area contributed by atoms with E-state index >= 15 is 0 Å². The second-order valence-electron chi connectivity index (χ2n) is 5.75. The summed E-state index contributed by atoms with van der Waals surface area (Å²) in [5, 5.41) is 3.42. The van der Waals surface area contributed by atoms with Crippen molar-refractivity contribution in [2.75, 3.05) is 13.6 Å². The lowest BCUT2D eigenvalue weighted by Gasteiger charge is -2.05. The lowest BCUT2D eigenvalue weighted by Crippen LogP contribution is -2.18. The number of aromatic amines is 1. The molecule has 0 aliphatic carbocycles. The molecule has 1 aromatic rings. The van der Waals surface area contributed by atoms with Crippen LogP contribution in [0.25, 0.3) is 5.57 Å². The van der Waals surface area contributed by atoms with E-state index in [2.05, 4.69) is 54.0 Å². The minimum Gasteiger partial charge on any atom is -0.358 e. The molecular weight excluding hydrogens is 270 g/mol. The highest BCUT2D eigenvalue weighted by Gasteiger charge is 2.12. The van der Waals surface area contributed by atoms with Gasteiger partial charge in [0.1, 0.15) is 0 Å². The maximum atomic E-state index is 4.21. The Morgan fingerprint density at radius 3 is 2.82 bits per heavy atom. The van der Waals surface area contributed by atoms with Gasteiger partial charge >= 0.3 is 0 Å². The van der Waals surface area contributed by atoms with Crippen LogP contribution in [0.5, 0.6) is 0 Å². The number of H-pyrrole nitrogens is 1. The van der Waals surface area contributed by atoms with Crippen LogP contribution in [0.1, 0.15) is 50.1 Å². The van der Waals surface area contributed by atoms with Crippen LogP contribution in [0.4, 0.5) is 0 Å². The molecule has 1 saturated heterocycles. The van der Waals surface area contributed by atoms with Crippen LogP contribution in [-0.4, -0.2) is 30.8 Å². The molecule has 1 unspecified atom stereocenters. The van der Waals surface area contributed by atoms with Gasteiger partial charge in [-0.1, -0.05) is 25.7 Å². The van der Waals surface area contributed by atoms with Crippen molar-refractivity contribution in [3.63, 3.8) is 0 Å². The average Bonchev–Trinajstić information content (AvgIpc) is 3.15. The molecule has 1 aliphatic rings. The molecule has 2 N–H and O–H groups in total. The molecule has 1 fully saturated rings. The van der Waals surface area contributed by atoms with Crippen LogP contribution in [0.3, 0.4) is 0 Å². The van der Waals surface area contributed by atoms with E-state index in [-0.39, 0.29) is 0 Å². The zero-order valence-electron chi connectivity index (χ0n) is 14.2. The summed E-state index contributed by atoms with van der Waals surface area (Å²) in [5.41, 5.74) is 6.09. The predicted molar refractivity (Wildman–Crippen MR) is 95.3 cm³/mol. The van der Waals surface area contributed by atoms with Crippen molar-refractivity contribution in [1.82, 2.24) is 10.3 Å². The number of aliphatic imine (C=N–C) groups is 1. The van der Waals surface area contributed by atoms with Gasteiger partial charge in [0.25, 0.3) is 0 Å². The summed E-state index contributed by atoms with van der Waals surface area (Å²) in [5.74, 6) is 6.72. The Morgan fingerprint density at radius 1 is 1.45 bits per heavy atom. The molecule has 0 spiro atoms. The van der Waals surface area contributed by atoms with Crippen molar-refractivity contribution in [3.8, 4) is 11.8 Å². The number of rotatable bonds is 4. The Hall–Kier alpha value is -1.79. The molecule has 0 saturated carbocycles. The maximum Gasteiger partial charge on any atom is 0.0693 e. The minimum absolute atomic E-state index is 0.329. The van der Waals surface area contributed by atoms with Gasteiger partial charge in [0.2, 0.25) is 0 Å². The monoisotopic (exact) mass is 297 g/mol. The summed E-state index contributed by atoms with van der Waals surface area (Å²) in [6.45, 7) is 7.60. The van der Waals surface area contributed by atoms with E-state index in [0.29, 0.717) is 6.04 Å². The van der Waals surface area contributed by atoms with Crippen molar-refractivity contribution in [2.24, 2.45) is 4.99 Å². The van der Waals surface area contributed by atoms with Crippen LogP contribution in [-0.2, 0) is 6.42 Å². The van der Waals surface area contributed by atoms with Gasteiger partial charge in [0.05, 0.1) is 6.04 Å². The third-order valence-electron chi connectivity index (χ3n) is 4.18. The van der Waals surface area contributed by atoms with Crippen molar-refractivity contribution in [1.29, 1.82) is 0 Å². The number of allylic oxidation sites excluding steroid dienone is 2. The van der Waals surface area contributed by atoms with Gasteiger partial charge in [0, 0.05) is 30.2 Å². The quantitative estimate of drug-likeness (QED) is 0.648. The number of nitrogens with one attached hydrogen (secondary N) is 2. The molecule has 0 radical (unpaired) electrons. The molecule has 2 heterocycles. The van der Waals surface area contributed by atoms with E-state index in [1.54, 1.807) is 7.05 Å². The summed E-state index contributed by atoms with van der Waals surface area (Å²) in [4.78, 5) is 7.75. The molecule has 0 bridgehead atoms. The van der Waals surface area contributed by atoms with Crippen LogP contribution in [0.2, 0.25) is 0 Å². The van der Waals surface area contributed by atoms with Gasteiger partial charge in [-0.05, 0) is 56.4 Å². The van der Waals surface area contributed by atoms with E-state index in [1.165, 1.54) is 28.9 Å². The first kappa shape index (κ1) is 16.6. The molecule has 1 aromatic heterocycles. The summed E-state index contributed by atoms with van der Waals surface area (Å²) < 4.78 is 0. The number of hydrogen-bond acceptors (Lipinski definition) is 2. The normalized spacial score (nSPS) is 19.2. The molecule has 2 rings (SSSR count). The van der Waals surface area contributed by atoms with Gasteiger partial charge in [-0.25, -0.2) is 0 Å². The fourth-order valence-electron chi connectivity index (χ4n) is 2.94. The summed E-state index contributed by atoms with van der Waals surface area (Å²) >= 11 is 0. The first-order valence-electron chi connectivity index (χ1n) is 8.28. The number of hydrogen-bond donors (Lipinski definition) is 2. The zero-order valence-corrected chi connectivity index (χ0v) is 14.2. The molecule has 22 heavy (non-hydrogen) atoms. The molecule has 0 aromatic carbocycles. The molecule has 3 nitrogen and oxygen atoms in total. The van der Waals surface area contributed by atoms with Crippen LogP contribution in [0.15, 0.2) is 16.6 Å². The Kier molecular flexibility index (Phi) is 6.03. The van der Waals surface area contributed by atoms with E-state index in [9.17, 15) is 0 Å². The summed E-state index contributed by atoms with van der Waals surface area (Å²) in [7, 11) is 1.81. The van der Waals surface area contributed by atoms with E-state index in [0.717, 1.165) is 31.4 Å². The van der Waals surface area contributed by atoms with E-state index < -0.39 is 0 Å². The van der Waals surface area contributed by atoms with Crippen molar-refractivity contribution in [3.05, 3.63) is 28.6 Å². The third kappa shape index (κ3) is 3.90. The van der Waals surface area contributed by atoms with Crippen LogP contribution in [0, 0.1) is 18.8 Å². The fraction of sp³-hybridized carbons (Fsp3) is 0.526. The van der Waals surface area contributed by atoms with Crippen molar-refractivity contribution < 1.29 is 0 Å². The Labute approximate surface area is 134 Å².